The normalized spacial score (nSPS) is 23.1. The van der Waals surface area contributed by atoms with E-state index in [1.54, 1.807) is 11.3 Å². The first kappa shape index (κ1) is 51.7. The number of thiazole rings is 1. The molecule has 0 radical (unpaired) electrons. The zero-order valence-electron chi connectivity index (χ0n) is 43.5. The molecule has 2 aliphatic carbocycles. The number of likely N-dealkylation sites (tertiary alicyclic amines) is 2. The van der Waals surface area contributed by atoms with Crippen LogP contribution < -0.4 is 16.2 Å². The number of amides is 3. The standard InChI is InChI=1S/C58H73BrN8O5S/c1-35-50(73-34-60-35)39-19-17-38(18-20-39)45(33-64(5)6)61-53(70)48-30-42(68)32-66(48)55(72)51(57(2,3)4)62-52(69)40-15-13-36(14-16-40)31-65-27-23-37(24-28-65)41-21-22-46-43(29-41)58(25-8-7-9-26-58)56-63-54(71)49-44(59)11-10-12-47(49)67(46)56/h10-12,17-22,29,34,36-37,40,42,45,48,51,68H,7-9,13-16,23-28,30-33H2,1-6H3,(H,61,70)(H,62,69)/t36?,40?,42-,45+,48+,51-/m1/s1. The number of likely N-dealkylation sites (N-methyl/N-ethyl adjacent to an activating group) is 1. The van der Waals surface area contributed by atoms with Gasteiger partial charge in [0.25, 0.3) is 5.56 Å². The number of aliphatic hydroxyl groups is 1. The summed E-state index contributed by atoms with van der Waals surface area (Å²) >= 11 is 5.24. The topological polar surface area (TPSA) is 153 Å². The summed E-state index contributed by atoms with van der Waals surface area (Å²) in [4.78, 5) is 72.9. The summed E-state index contributed by atoms with van der Waals surface area (Å²) < 4.78 is 3.07. The Labute approximate surface area is 442 Å². The SMILES string of the molecule is Cc1ncsc1-c1ccc([C@H](CN(C)C)NC(=O)[C@@H]2C[C@@H](O)CN2C(=O)[C@@H](NC(=O)C2CCC(CN3CCC(c4ccc5c(c4)C4(CCCCC4)c4nc(=O)c6c(Br)cccc6n4-5)CC3)CC2)C(C)(C)C)cc1. The summed E-state index contributed by atoms with van der Waals surface area (Å²) in [6.45, 7) is 11.5. The van der Waals surface area contributed by atoms with Gasteiger partial charge in [0.2, 0.25) is 17.7 Å². The van der Waals surface area contributed by atoms with Crippen LogP contribution in [-0.4, -0.2) is 117 Å². The molecular weight excluding hydrogens is 1000 g/mol. The van der Waals surface area contributed by atoms with Crippen LogP contribution in [0.2, 0.25) is 0 Å². The molecule has 3 aromatic carbocycles. The van der Waals surface area contributed by atoms with Gasteiger partial charge in [-0.2, -0.15) is 4.98 Å². The van der Waals surface area contributed by atoms with Gasteiger partial charge in [-0.15, -0.1) is 11.3 Å². The Kier molecular flexibility index (Phi) is 14.9. The van der Waals surface area contributed by atoms with Gasteiger partial charge in [-0.1, -0.05) is 82.5 Å². The molecular formula is C58H73BrN8O5S. The van der Waals surface area contributed by atoms with Crippen molar-refractivity contribution < 1.29 is 19.5 Å². The van der Waals surface area contributed by atoms with Crippen LogP contribution in [0.15, 0.2) is 75.4 Å². The van der Waals surface area contributed by atoms with Crippen molar-refractivity contribution in [3.63, 3.8) is 0 Å². The highest BCUT2D eigenvalue weighted by Gasteiger charge is 2.48. The smallest absolute Gasteiger partial charge is 0.281 e. The highest BCUT2D eigenvalue weighted by Crippen LogP contribution is 2.52. The van der Waals surface area contributed by atoms with Gasteiger partial charge in [0.1, 0.15) is 17.9 Å². The highest BCUT2D eigenvalue weighted by atomic mass is 79.9. The van der Waals surface area contributed by atoms with Crippen LogP contribution in [0.25, 0.3) is 27.0 Å². The predicted molar refractivity (Wildman–Crippen MR) is 292 cm³/mol. The second kappa shape index (κ2) is 21.1. The molecule has 0 unspecified atom stereocenters. The van der Waals surface area contributed by atoms with E-state index in [0.717, 1.165) is 121 Å². The maximum Gasteiger partial charge on any atom is 0.281 e. The third-order valence-electron chi connectivity index (χ3n) is 17.0. The molecule has 5 aliphatic rings. The molecule has 4 fully saturated rings. The number of piperidine rings is 1. The monoisotopic (exact) mass is 1070 g/mol. The Balaban J connectivity index is 0.739. The van der Waals surface area contributed by atoms with E-state index in [4.69, 9.17) is 4.98 Å². The lowest BCUT2D eigenvalue weighted by atomic mass is 9.69. The largest absolute Gasteiger partial charge is 0.391 e. The molecule has 0 bridgehead atoms. The van der Waals surface area contributed by atoms with E-state index in [-0.39, 0.29) is 53.6 Å². The molecule has 15 heteroatoms. The van der Waals surface area contributed by atoms with Gasteiger partial charge >= 0.3 is 0 Å². The first-order chi connectivity index (χ1) is 35.0. The molecule has 5 aromatic rings. The Bertz CT molecular complexity index is 2910. The quantitative estimate of drug-likeness (QED) is 0.111. The fourth-order valence-corrected chi connectivity index (χ4v) is 14.4. The molecule has 1 spiro atoms. The number of carbonyl (C=O) groups is 3. The number of nitrogens with one attached hydrogen (secondary N) is 2. The number of aliphatic hydroxyl groups excluding tert-OH is 1. The van der Waals surface area contributed by atoms with Crippen LogP contribution in [0, 0.1) is 24.2 Å². The van der Waals surface area contributed by atoms with Gasteiger partial charge in [0.05, 0.1) is 50.2 Å². The maximum absolute atomic E-state index is 14.6. The number of benzene rings is 3. The van der Waals surface area contributed by atoms with Crippen LogP contribution in [0.5, 0.6) is 0 Å². The summed E-state index contributed by atoms with van der Waals surface area (Å²) in [6.07, 6.45) is 10.5. The molecule has 2 saturated carbocycles. The van der Waals surface area contributed by atoms with E-state index in [2.05, 4.69) is 77.4 Å². The first-order valence-corrected chi connectivity index (χ1v) is 28.5. The van der Waals surface area contributed by atoms with Gasteiger partial charge in [-0.25, -0.2) is 4.98 Å². The Hall–Kier alpha value is -4.80. The summed E-state index contributed by atoms with van der Waals surface area (Å²) in [5.74, 6) is 0.959. The molecule has 10 rings (SSSR count). The molecule has 2 saturated heterocycles. The third kappa shape index (κ3) is 10.3. The fraction of sp³-hybridized carbons (Fsp3) is 0.552. The van der Waals surface area contributed by atoms with Crippen LogP contribution in [0.1, 0.15) is 138 Å². The number of carbonyl (C=O) groups excluding carboxylic acids is 3. The second-order valence-corrected chi connectivity index (χ2v) is 25.0. The lowest BCUT2D eigenvalue weighted by molar-refractivity contribution is -0.145. The van der Waals surface area contributed by atoms with Gasteiger partial charge in [-0.3, -0.25) is 23.7 Å². The van der Waals surface area contributed by atoms with Crippen LogP contribution in [0.4, 0.5) is 0 Å². The van der Waals surface area contributed by atoms with Crippen LogP contribution >= 0.6 is 27.3 Å². The minimum absolute atomic E-state index is 0.0307. The molecule has 3 N–H and O–H groups in total. The molecule has 73 heavy (non-hydrogen) atoms. The number of rotatable bonds is 12. The molecule has 13 nitrogen and oxygen atoms in total. The highest BCUT2D eigenvalue weighted by molar-refractivity contribution is 9.10. The van der Waals surface area contributed by atoms with E-state index in [1.807, 2.05) is 76.5 Å². The molecule has 3 aliphatic heterocycles. The van der Waals surface area contributed by atoms with E-state index in [0.29, 0.717) is 23.8 Å². The van der Waals surface area contributed by atoms with Crippen molar-refractivity contribution in [1.82, 2.24) is 39.9 Å². The van der Waals surface area contributed by atoms with E-state index in [9.17, 15) is 24.3 Å². The lowest BCUT2D eigenvalue weighted by Crippen LogP contribution is -2.58. The van der Waals surface area contributed by atoms with Crippen molar-refractivity contribution in [2.75, 3.05) is 46.8 Å². The molecule has 388 valence electrons. The Morgan fingerprint density at radius 3 is 2.33 bits per heavy atom. The minimum atomic E-state index is -0.872. The first-order valence-electron chi connectivity index (χ1n) is 26.8. The third-order valence-corrected chi connectivity index (χ3v) is 18.7. The van der Waals surface area contributed by atoms with Crippen molar-refractivity contribution in [2.45, 2.75) is 140 Å². The van der Waals surface area contributed by atoms with Crippen LogP contribution in [0.3, 0.4) is 0 Å². The number of aromatic nitrogens is 3. The van der Waals surface area contributed by atoms with Crippen molar-refractivity contribution >= 4 is 55.9 Å². The minimum Gasteiger partial charge on any atom is -0.391 e. The number of nitrogens with zero attached hydrogens (tertiary/aromatic N) is 6. The van der Waals surface area contributed by atoms with Gasteiger partial charge in [0.15, 0.2) is 0 Å². The van der Waals surface area contributed by atoms with Crippen molar-refractivity contribution in [3.05, 3.63) is 109 Å². The van der Waals surface area contributed by atoms with E-state index >= 15 is 0 Å². The van der Waals surface area contributed by atoms with Gasteiger partial charge in [0, 0.05) is 36.4 Å². The number of β-amino-alcohol motifs (C(OH)–C–C–N with tert-alkyl or cyclic N) is 1. The summed E-state index contributed by atoms with van der Waals surface area (Å²) in [7, 11) is 3.92. The average molecular weight is 1070 g/mol. The number of fused-ring (bicyclic) bond motifs is 7. The molecule has 4 atom stereocenters. The van der Waals surface area contributed by atoms with E-state index in [1.165, 1.54) is 28.1 Å². The molecule has 2 aromatic heterocycles. The zero-order valence-corrected chi connectivity index (χ0v) is 45.9. The van der Waals surface area contributed by atoms with Crippen LogP contribution in [-0.2, 0) is 19.8 Å². The zero-order chi connectivity index (χ0) is 51.3. The number of hydrogen-bond acceptors (Lipinski definition) is 10. The summed E-state index contributed by atoms with van der Waals surface area (Å²) in [5, 5.41) is 18.0. The Morgan fingerprint density at radius 1 is 0.932 bits per heavy atom. The number of aryl methyl sites for hydroxylation is 1. The summed E-state index contributed by atoms with van der Waals surface area (Å²) in [5.41, 5.74) is 8.65. The molecule has 5 heterocycles. The fourth-order valence-electron chi connectivity index (χ4n) is 13.1. The summed E-state index contributed by atoms with van der Waals surface area (Å²) in [6, 6.07) is 19.2. The van der Waals surface area contributed by atoms with Gasteiger partial charge in [-0.05, 0) is 159 Å². The van der Waals surface area contributed by atoms with Crippen molar-refractivity contribution in [2.24, 2.45) is 17.3 Å². The predicted octanol–water partition coefficient (Wildman–Crippen LogP) is 9.04. The average Bonchev–Trinajstić information content (AvgIpc) is 4.06. The van der Waals surface area contributed by atoms with Gasteiger partial charge < -0.3 is 30.4 Å². The van der Waals surface area contributed by atoms with Crippen molar-refractivity contribution in [3.8, 4) is 16.1 Å². The Morgan fingerprint density at radius 2 is 1.66 bits per heavy atom. The lowest BCUT2D eigenvalue weighted by Gasteiger charge is -2.38. The molecule has 3 amide bonds. The number of halogens is 1. The maximum atomic E-state index is 14.6. The van der Waals surface area contributed by atoms with Crippen molar-refractivity contribution in [1.29, 1.82) is 0 Å². The van der Waals surface area contributed by atoms with E-state index < -0.39 is 23.6 Å². The second-order valence-electron chi connectivity index (χ2n) is 23.3. The number of hydrogen-bond donors (Lipinski definition) is 3.